The molecule has 0 spiro atoms. The van der Waals surface area contributed by atoms with Crippen LogP contribution >= 0.6 is 0 Å². The fraction of sp³-hybridized carbons (Fsp3) is 0.500. The normalized spacial score (nSPS) is 11.1. The van der Waals surface area contributed by atoms with Crippen LogP contribution in [-0.4, -0.2) is 45.6 Å². The maximum absolute atomic E-state index is 4.72. The lowest BCUT2D eigenvalue weighted by atomic mass is 10.2. The monoisotopic (exact) mass is 341 g/mol. The van der Waals surface area contributed by atoms with E-state index in [0.717, 1.165) is 56.3 Å². The summed E-state index contributed by atoms with van der Waals surface area (Å²) >= 11 is 0. The molecule has 2 rings (SSSR count). The number of aromatic nitrogens is 3. The quantitative estimate of drug-likeness (QED) is 0.440. The summed E-state index contributed by atoms with van der Waals surface area (Å²) in [4.78, 5) is 11.6. The number of rotatable bonds is 13. The van der Waals surface area contributed by atoms with Gasteiger partial charge in [-0.1, -0.05) is 31.9 Å². The first-order valence-corrected chi connectivity index (χ1v) is 9.29. The molecule has 2 heterocycles. The van der Waals surface area contributed by atoms with E-state index in [0.29, 0.717) is 0 Å². The zero-order valence-electron chi connectivity index (χ0n) is 15.5. The predicted octanol–water partition coefficient (Wildman–Crippen LogP) is 4.10. The molecule has 136 valence electrons. The van der Waals surface area contributed by atoms with Gasteiger partial charge >= 0.3 is 0 Å². The summed E-state index contributed by atoms with van der Waals surface area (Å²) in [6.07, 6.45) is 10.4. The van der Waals surface area contributed by atoms with Crippen LogP contribution in [0.2, 0.25) is 0 Å². The third-order valence-electron chi connectivity index (χ3n) is 4.20. The highest BCUT2D eigenvalue weighted by atomic mass is 15.2. The van der Waals surface area contributed by atoms with E-state index < -0.39 is 0 Å². The highest BCUT2D eigenvalue weighted by molar-refractivity contribution is 5.74. The Balaban J connectivity index is 2.03. The molecule has 5 heteroatoms. The molecule has 0 saturated heterocycles. The van der Waals surface area contributed by atoms with E-state index in [-0.39, 0.29) is 0 Å². The molecule has 0 bridgehead atoms. The standard InChI is InChI=1S/C20H31N5/c1-4-7-8-12-22-20-23-18-11-9-13-21-19(18)25(20)17-10-16-24(14-5-2)15-6-3/h5-6,9,11,13H,2-4,7-8,10,12,14-17H2,1H3,(H,22,23). The first kappa shape index (κ1) is 19.2. The molecule has 0 atom stereocenters. The highest BCUT2D eigenvalue weighted by Gasteiger charge is 2.11. The molecule has 0 aromatic carbocycles. The van der Waals surface area contributed by atoms with Gasteiger partial charge in [-0.15, -0.1) is 13.2 Å². The van der Waals surface area contributed by atoms with Crippen molar-refractivity contribution in [1.29, 1.82) is 0 Å². The minimum absolute atomic E-state index is 0.886. The fourth-order valence-corrected chi connectivity index (χ4v) is 2.96. The molecule has 0 aliphatic heterocycles. The third kappa shape index (κ3) is 5.71. The zero-order valence-corrected chi connectivity index (χ0v) is 15.5. The number of nitrogens with zero attached hydrogens (tertiary/aromatic N) is 4. The van der Waals surface area contributed by atoms with Gasteiger partial charge in [0, 0.05) is 38.9 Å². The van der Waals surface area contributed by atoms with Crippen LogP contribution < -0.4 is 5.32 Å². The molecule has 1 N–H and O–H groups in total. The largest absolute Gasteiger partial charge is 0.356 e. The average Bonchev–Trinajstić information content (AvgIpc) is 2.97. The first-order valence-electron chi connectivity index (χ1n) is 9.29. The molecular weight excluding hydrogens is 310 g/mol. The first-order chi connectivity index (χ1) is 12.3. The van der Waals surface area contributed by atoms with Gasteiger partial charge < -0.3 is 5.32 Å². The van der Waals surface area contributed by atoms with E-state index >= 15 is 0 Å². The van der Waals surface area contributed by atoms with Crippen molar-refractivity contribution in [2.24, 2.45) is 0 Å². The summed E-state index contributed by atoms with van der Waals surface area (Å²) in [5.74, 6) is 0.934. The van der Waals surface area contributed by atoms with Gasteiger partial charge in [-0.25, -0.2) is 9.97 Å². The Morgan fingerprint density at radius 3 is 2.72 bits per heavy atom. The van der Waals surface area contributed by atoms with Crippen LogP contribution in [0, 0.1) is 0 Å². The van der Waals surface area contributed by atoms with Crippen LogP contribution in [0.15, 0.2) is 43.6 Å². The zero-order chi connectivity index (χ0) is 17.9. The molecule has 0 aliphatic carbocycles. The summed E-state index contributed by atoms with van der Waals surface area (Å²) in [6, 6.07) is 3.97. The van der Waals surface area contributed by atoms with Crippen LogP contribution in [0.3, 0.4) is 0 Å². The lowest BCUT2D eigenvalue weighted by Gasteiger charge is -2.19. The van der Waals surface area contributed by atoms with Crippen molar-refractivity contribution in [3.05, 3.63) is 43.6 Å². The average molecular weight is 342 g/mol. The summed E-state index contributed by atoms with van der Waals surface area (Å²) in [7, 11) is 0. The van der Waals surface area contributed by atoms with Crippen molar-refractivity contribution in [3.63, 3.8) is 0 Å². The van der Waals surface area contributed by atoms with Gasteiger partial charge in [0.1, 0.15) is 5.52 Å². The maximum atomic E-state index is 4.72. The smallest absolute Gasteiger partial charge is 0.205 e. The van der Waals surface area contributed by atoms with E-state index in [1.54, 1.807) is 0 Å². The Morgan fingerprint density at radius 1 is 1.20 bits per heavy atom. The molecular formula is C20H31N5. The summed E-state index contributed by atoms with van der Waals surface area (Å²) < 4.78 is 2.21. The van der Waals surface area contributed by atoms with Crippen LogP contribution in [0.5, 0.6) is 0 Å². The van der Waals surface area contributed by atoms with Gasteiger partial charge in [0.05, 0.1) is 0 Å². The molecule has 5 nitrogen and oxygen atoms in total. The number of nitrogens with one attached hydrogen (secondary N) is 1. The molecule has 0 radical (unpaired) electrons. The highest BCUT2D eigenvalue weighted by Crippen LogP contribution is 2.18. The van der Waals surface area contributed by atoms with Crippen LogP contribution in [-0.2, 0) is 6.54 Å². The lowest BCUT2D eigenvalue weighted by Crippen LogP contribution is -2.26. The predicted molar refractivity (Wildman–Crippen MR) is 107 cm³/mol. The van der Waals surface area contributed by atoms with Gasteiger partial charge in [-0.3, -0.25) is 9.47 Å². The number of imidazole rings is 1. The van der Waals surface area contributed by atoms with Gasteiger partial charge in [0.2, 0.25) is 5.95 Å². The maximum Gasteiger partial charge on any atom is 0.205 e. The van der Waals surface area contributed by atoms with Crippen molar-refractivity contribution in [2.75, 3.05) is 31.5 Å². The van der Waals surface area contributed by atoms with E-state index in [4.69, 9.17) is 4.98 Å². The van der Waals surface area contributed by atoms with Crippen LogP contribution in [0.4, 0.5) is 5.95 Å². The Morgan fingerprint density at radius 2 is 2.00 bits per heavy atom. The minimum Gasteiger partial charge on any atom is -0.356 e. The molecule has 0 fully saturated rings. The van der Waals surface area contributed by atoms with Gasteiger partial charge in [0.25, 0.3) is 0 Å². The van der Waals surface area contributed by atoms with Crippen molar-refractivity contribution >= 4 is 17.1 Å². The van der Waals surface area contributed by atoms with E-state index in [1.165, 1.54) is 19.3 Å². The van der Waals surface area contributed by atoms with Crippen LogP contribution in [0.1, 0.15) is 32.6 Å². The fourth-order valence-electron chi connectivity index (χ4n) is 2.96. The molecule has 2 aromatic rings. The summed E-state index contributed by atoms with van der Waals surface area (Å²) in [5, 5.41) is 3.49. The van der Waals surface area contributed by atoms with Gasteiger partial charge in [0.15, 0.2) is 5.65 Å². The Hall–Kier alpha value is -2.14. The van der Waals surface area contributed by atoms with E-state index in [2.05, 4.69) is 39.8 Å². The summed E-state index contributed by atoms with van der Waals surface area (Å²) in [6.45, 7) is 14.5. The van der Waals surface area contributed by atoms with Crippen molar-refractivity contribution < 1.29 is 0 Å². The lowest BCUT2D eigenvalue weighted by molar-refractivity contribution is 0.323. The Bertz CT molecular complexity index is 651. The van der Waals surface area contributed by atoms with Crippen molar-refractivity contribution in [2.45, 2.75) is 39.2 Å². The SMILES string of the molecule is C=CCN(CC=C)CCCn1c(NCCCCC)nc2cccnc21. The van der Waals surface area contributed by atoms with Gasteiger partial charge in [-0.2, -0.15) is 0 Å². The van der Waals surface area contributed by atoms with E-state index in [1.807, 2.05) is 30.5 Å². The topological polar surface area (TPSA) is 46.0 Å². The molecule has 0 unspecified atom stereocenters. The number of hydrogen-bond donors (Lipinski definition) is 1. The number of unbranched alkanes of at least 4 members (excludes halogenated alkanes) is 2. The van der Waals surface area contributed by atoms with Crippen molar-refractivity contribution in [1.82, 2.24) is 19.4 Å². The van der Waals surface area contributed by atoms with E-state index in [9.17, 15) is 0 Å². The Labute approximate surface area is 151 Å². The summed E-state index contributed by atoms with van der Waals surface area (Å²) in [5.41, 5.74) is 1.91. The molecule has 0 amide bonds. The number of hydrogen-bond acceptors (Lipinski definition) is 4. The second-order valence-electron chi connectivity index (χ2n) is 6.26. The number of anilines is 1. The van der Waals surface area contributed by atoms with Crippen molar-refractivity contribution in [3.8, 4) is 0 Å². The number of pyridine rings is 1. The number of aryl methyl sites for hydroxylation is 1. The number of fused-ring (bicyclic) bond motifs is 1. The van der Waals surface area contributed by atoms with Gasteiger partial charge in [-0.05, 0) is 25.0 Å². The molecule has 25 heavy (non-hydrogen) atoms. The third-order valence-corrected chi connectivity index (χ3v) is 4.20. The minimum atomic E-state index is 0.886. The second-order valence-corrected chi connectivity index (χ2v) is 6.26. The van der Waals surface area contributed by atoms with Crippen LogP contribution in [0.25, 0.3) is 11.2 Å². The Kier molecular flexibility index (Phi) is 8.19. The molecule has 0 aliphatic rings. The molecule has 0 saturated carbocycles. The molecule has 2 aromatic heterocycles. The second kappa shape index (κ2) is 10.7.